The summed E-state index contributed by atoms with van der Waals surface area (Å²) in [7, 11) is -3.92. The minimum absolute atomic E-state index is 0.0682. The number of benzene rings is 3. The molecule has 0 spiro atoms. The molecule has 0 aliphatic rings. The van der Waals surface area contributed by atoms with Crippen LogP contribution in [0.4, 0.5) is 17.1 Å². The topological polar surface area (TPSA) is 118 Å². The molecular formula is C22H21N3O5S. The van der Waals surface area contributed by atoms with Gasteiger partial charge in [0.25, 0.3) is 21.6 Å². The third kappa shape index (κ3) is 4.89. The highest BCUT2D eigenvalue weighted by Crippen LogP contribution is 2.25. The van der Waals surface area contributed by atoms with Gasteiger partial charge in [0.1, 0.15) is 0 Å². The molecule has 0 bridgehead atoms. The highest BCUT2D eigenvalue weighted by atomic mass is 32.2. The molecule has 0 saturated heterocycles. The van der Waals surface area contributed by atoms with Crippen LogP contribution in [0.15, 0.2) is 65.6 Å². The molecule has 0 fully saturated rings. The molecule has 3 aromatic rings. The van der Waals surface area contributed by atoms with Gasteiger partial charge in [0.15, 0.2) is 0 Å². The third-order valence-corrected chi connectivity index (χ3v) is 6.18. The van der Waals surface area contributed by atoms with Crippen molar-refractivity contribution >= 4 is 33.0 Å². The van der Waals surface area contributed by atoms with E-state index in [1.807, 2.05) is 0 Å². The van der Waals surface area contributed by atoms with Gasteiger partial charge in [-0.2, -0.15) is 0 Å². The maximum atomic E-state index is 12.8. The van der Waals surface area contributed by atoms with Crippen LogP contribution in [0.5, 0.6) is 0 Å². The molecule has 0 atom stereocenters. The van der Waals surface area contributed by atoms with Crippen molar-refractivity contribution in [1.29, 1.82) is 0 Å². The fourth-order valence-corrected chi connectivity index (χ4v) is 4.14. The zero-order valence-corrected chi connectivity index (χ0v) is 18.0. The molecule has 8 nitrogen and oxygen atoms in total. The first kappa shape index (κ1) is 22.0. The number of anilines is 2. The van der Waals surface area contributed by atoms with Crippen LogP contribution in [-0.2, 0) is 10.0 Å². The number of aryl methyl sites for hydroxylation is 3. The second-order valence-corrected chi connectivity index (χ2v) is 8.79. The number of nitrogens with one attached hydrogen (secondary N) is 2. The van der Waals surface area contributed by atoms with Crippen molar-refractivity contribution in [1.82, 2.24) is 0 Å². The van der Waals surface area contributed by atoms with E-state index >= 15 is 0 Å². The van der Waals surface area contributed by atoms with Gasteiger partial charge in [0.2, 0.25) is 0 Å². The molecule has 0 saturated carbocycles. The molecule has 0 unspecified atom stereocenters. The first-order valence-electron chi connectivity index (χ1n) is 9.34. The number of rotatable bonds is 6. The predicted molar refractivity (Wildman–Crippen MR) is 119 cm³/mol. The van der Waals surface area contributed by atoms with Gasteiger partial charge in [0, 0.05) is 22.9 Å². The summed E-state index contributed by atoms with van der Waals surface area (Å²) in [6.07, 6.45) is 0. The van der Waals surface area contributed by atoms with Crippen molar-refractivity contribution in [2.75, 3.05) is 10.0 Å². The van der Waals surface area contributed by atoms with Gasteiger partial charge in [-0.05, 0) is 56.2 Å². The zero-order valence-electron chi connectivity index (χ0n) is 17.2. The Bertz CT molecular complexity index is 1290. The molecule has 0 heterocycles. The van der Waals surface area contributed by atoms with Gasteiger partial charge in [-0.1, -0.05) is 30.3 Å². The Balaban J connectivity index is 1.90. The smallest absolute Gasteiger partial charge is 0.274 e. The highest BCUT2D eigenvalue weighted by Gasteiger charge is 2.20. The van der Waals surface area contributed by atoms with Gasteiger partial charge in [-0.25, -0.2) is 8.42 Å². The predicted octanol–water partition coefficient (Wildman–Crippen LogP) is 4.57. The van der Waals surface area contributed by atoms with Crippen LogP contribution in [0.2, 0.25) is 0 Å². The van der Waals surface area contributed by atoms with Crippen molar-refractivity contribution in [3.8, 4) is 0 Å². The van der Waals surface area contributed by atoms with Crippen molar-refractivity contribution < 1.29 is 18.1 Å². The molecule has 1 amide bonds. The number of carbonyl (C=O) groups is 1. The van der Waals surface area contributed by atoms with Crippen LogP contribution in [0.3, 0.4) is 0 Å². The SMILES string of the molecule is Cc1ccccc1NS(=O)(=O)c1ccc(C)c(C(=O)Nc2ccc(C)c([N+](=O)[O-])c2)c1. The fourth-order valence-electron chi connectivity index (χ4n) is 2.99. The molecular weight excluding hydrogens is 418 g/mol. The Labute approximate surface area is 180 Å². The molecule has 0 aromatic heterocycles. The number of amides is 1. The van der Waals surface area contributed by atoms with E-state index in [9.17, 15) is 23.3 Å². The monoisotopic (exact) mass is 439 g/mol. The van der Waals surface area contributed by atoms with Gasteiger partial charge >= 0.3 is 0 Å². The van der Waals surface area contributed by atoms with E-state index in [1.54, 1.807) is 57.2 Å². The zero-order chi connectivity index (χ0) is 22.8. The van der Waals surface area contributed by atoms with E-state index in [2.05, 4.69) is 10.0 Å². The fraction of sp³-hybridized carbons (Fsp3) is 0.136. The summed E-state index contributed by atoms with van der Waals surface area (Å²) in [5, 5.41) is 13.7. The summed E-state index contributed by atoms with van der Waals surface area (Å²) in [4.78, 5) is 23.3. The van der Waals surface area contributed by atoms with Crippen LogP contribution >= 0.6 is 0 Å². The van der Waals surface area contributed by atoms with Crippen molar-refractivity contribution in [2.24, 2.45) is 0 Å². The number of nitrogens with zero attached hydrogens (tertiary/aromatic N) is 1. The maximum Gasteiger partial charge on any atom is 0.274 e. The average Bonchev–Trinajstić information content (AvgIpc) is 2.71. The Morgan fingerprint density at radius 3 is 2.26 bits per heavy atom. The molecule has 160 valence electrons. The minimum Gasteiger partial charge on any atom is -0.322 e. The summed E-state index contributed by atoms with van der Waals surface area (Å²) < 4.78 is 28.2. The van der Waals surface area contributed by atoms with Crippen LogP contribution in [0.1, 0.15) is 27.0 Å². The quantitative estimate of drug-likeness (QED) is 0.431. The Morgan fingerprint density at radius 2 is 1.58 bits per heavy atom. The van der Waals surface area contributed by atoms with Gasteiger partial charge < -0.3 is 5.32 Å². The van der Waals surface area contributed by atoms with Crippen molar-refractivity contribution in [3.05, 3.63) is 93.0 Å². The summed E-state index contributed by atoms with van der Waals surface area (Å²) in [6.45, 7) is 5.06. The van der Waals surface area contributed by atoms with Crippen molar-refractivity contribution in [3.63, 3.8) is 0 Å². The summed E-state index contributed by atoms with van der Waals surface area (Å²) >= 11 is 0. The number of nitro benzene ring substituents is 1. The Kier molecular flexibility index (Phi) is 6.07. The molecule has 3 aromatic carbocycles. The summed E-state index contributed by atoms with van der Waals surface area (Å²) in [5.41, 5.74) is 2.51. The van der Waals surface area contributed by atoms with E-state index in [1.165, 1.54) is 24.3 Å². The van der Waals surface area contributed by atoms with Gasteiger partial charge in [0.05, 0.1) is 15.5 Å². The van der Waals surface area contributed by atoms with E-state index in [0.29, 0.717) is 16.8 Å². The number of sulfonamides is 1. The first-order chi connectivity index (χ1) is 14.6. The standard InChI is InChI=1S/C22H21N3O5S/c1-14-9-11-18(31(29,30)24-20-7-5-4-6-15(20)2)13-19(14)22(26)23-17-10-8-16(3)21(12-17)25(27)28/h4-13,24H,1-3H3,(H,23,26). The Hall–Kier alpha value is -3.72. The number of carbonyl (C=O) groups excluding carboxylic acids is 1. The summed E-state index contributed by atoms with van der Waals surface area (Å²) in [5.74, 6) is -0.566. The lowest BCUT2D eigenvalue weighted by molar-refractivity contribution is -0.385. The first-order valence-corrected chi connectivity index (χ1v) is 10.8. The molecule has 31 heavy (non-hydrogen) atoms. The highest BCUT2D eigenvalue weighted by molar-refractivity contribution is 7.92. The van der Waals surface area contributed by atoms with Gasteiger partial charge in [-0.3, -0.25) is 19.6 Å². The van der Waals surface area contributed by atoms with Crippen LogP contribution in [-0.4, -0.2) is 19.2 Å². The average molecular weight is 439 g/mol. The lowest BCUT2D eigenvalue weighted by atomic mass is 10.1. The number of hydrogen-bond acceptors (Lipinski definition) is 5. The van der Waals surface area contributed by atoms with E-state index in [-0.39, 0.29) is 21.8 Å². The second-order valence-electron chi connectivity index (χ2n) is 7.11. The summed E-state index contributed by atoms with van der Waals surface area (Å²) in [6, 6.07) is 15.6. The van der Waals surface area contributed by atoms with E-state index in [4.69, 9.17) is 0 Å². The number of para-hydroxylation sites is 1. The lowest BCUT2D eigenvalue weighted by Crippen LogP contribution is -2.17. The van der Waals surface area contributed by atoms with Gasteiger partial charge in [-0.15, -0.1) is 0 Å². The number of nitro groups is 1. The van der Waals surface area contributed by atoms with E-state index < -0.39 is 20.9 Å². The van der Waals surface area contributed by atoms with Crippen molar-refractivity contribution in [2.45, 2.75) is 25.7 Å². The second kappa shape index (κ2) is 8.57. The lowest BCUT2D eigenvalue weighted by Gasteiger charge is -2.13. The molecule has 0 radical (unpaired) electrons. The normalized spacial score (nSPS) is 11.1. The molecule has 0 aliphatic heterocycles. The molecule has 9 heteroatoms. The maximum absolute atomic E-state index is 12.8. The third-order valence-electron chi connectivity index (χ3n) is 4.82. The largest absolute Gasteiger partial charge is 0.322 e. The van der Waals surface area contributed by atoms with Crippen LogP contribution in [0.25, 0.3) is 0 Å². The van der Waals surface area contributed by atoms with Crippen LogP contribution < -0.4 is 10.0 Å². The number of hydrogen-bond donors (Lipinski definition) is 2. The minimum atomic E-state index is -3.92. The van der Waals surface area contributed by atoms with Crippen LogP contribution in [0, 0.1) is 30.9 Å². The van der Waals surface area contributed by atoms with E-state index in [0.717, 1.165) is 5.56 Å². The molecule has 2 N–H and O–H groups in total. The molecule has 3 rings (SSSR count). The Morgan fingerprint density at radius 1 is 0.903 bits per heavy atom. The molecule has 0 aliphatic carbocycles.